The fourth-order valence-corrected chi connectivity index (χ4v) is 2.34. The van der Waals surface area contributed by atoms with E-state index in [9.17, 15) is 4.79 Å². The number of hydrogen-bond donors (Lipinski definition) is 1. The average molecular weight is 218 g/mol. The molecule has 1 aliphatic rings. The first-order valence-corrected chi connectivity index (χ1v) is 5.70. The Kier molecular flexibility index (Phi) is 2.93. The fourth-order valence-electron chi connectivity index (χ4n) is 1.47. The molecular formula is C11H10N2OS. The van der Waals surface area contributed by atoms with Crippen molar-refractivity contribution in [2.45, 2.75) is 17.7 Å². The zero-order chi connectivity index (χ0) is 10.7. The number of nitrogens with zero attached hydrogens (tertiary/aromatic N) is 1. The van der Waals surface area contributed by atoms with Gasteiger partial charge in [0.05, 0.1) is 17.5 Å². The molecule has 0 fully saturated rings. The minimum Gasteiger partial charge on any atom is -0.324 e. The van der Waals surface area contributed by atoms with E-state index in [2.05, 4.69) is 17.5 Å². The average Bonchev–Trinajstić information content (AvgIpc) is 2.26. The number of fused-ring (bicyclic) bond motifs is 1. The van der Waals surface area contributed by atoms with E-state index in [1.165, 1.54) is 0 Å². The summed E-state index contributed by atoms with van der Waals surface area (Å²) in [6, 6.07) is 8.05. The van der Waals surface area contributed by atoms with Crippen molar-refractivity contribution in [3.63, 3.8) is 0 Å². The summed E-state index contributed by atoms with van der Waals surface area (Å²) in [7, 11) is 0. The van der Waals surface area contributed by atoms with Crippen LogP contribution in [0.5, 0.6) is 0 Å². The summed E-state index contributed by atoms with van der Waals surface area (Å²) in [5, 5.41) is 11.3. The Hall–Kier alpha value is -1.47. The van der Waals surface area contributed by atoms with Crippen LogP contribution in [0.25, 0.3) is 0 Å². The maximum Gasteiger partial charge on any atom is 0.234 e. The van der Waals surface area contributed by atoms with E-state index in [-0.39, 0.29) is 5.91 Å². The number of hydrogen-bond acceptors (Lipinski definition) is 3. The number of thioether (sulfide) groups is 1. The molecule has 76 valence electrons. The predicted molar refractivity (Wildman–Crippen MR) is 59.7 cm³/mol. The van der Waals surface area contributed by atoms with Crippen LogP contribution in [0.15, 0.2) is 23.1 Å². The molecule has 0 saturated carbocycles. The number of benzene rings is 1. The molecule has 4 heteroatoms. The highest BCUT2D eigenvalue weighted by molar-refractivity contribution is 8.00. The lowest BCUT2D eigenvalue weighted by Gasteiger charge is -2.16. The van der Waals surface area contributed by atoms with E-state index in [1.807, 2.05) is 12.1 Å². The van der Waals surface area contributed by atoms with E-state index in [4.69, 9.17) is 5.26 Å². The Morgan fingerprint density at radius 1 is 1.53 bits per heavy atom. The SMILES string of the molecule is N#CCCc1ccc2c(c1)SCC(=O)N2. The third kappa shape index (κ3) is 2.31. The Balaban J connectivity index is 2.20. The molecule has 2 rings (SSSR count). The molecule has 1 N–H and O–H groups in total. The van der Waals surface area contributed by atoms with Crippen LogP contribution in [-0.4, -0.2) is 11.7 Å². The van der Waals surface area contributed by atoms with Gasteiger partial charge in [-0.2, -0.15) is 5.26 Å². The third-order valence-corrected chi connectivity index (χ3v) is 3.26. The van der Waals surface area contributed by atoms with Gasteiger partial charge >= 0.3 is 0 Å². The van der Waals surface area contributed by atoms with Crippen LogP contribution in [0, 0.1) is 11.3 Å². The molecule has 15 heavy (non-hydrogen) atoms. The second-order valence-electron chi connectivity index (χ2n) is 3.33. The van der Waals surface area contributed by atoms with Gasteiger partial charge in [-0.05, 0) is 24.1 Å². The van der Waals surface area contributed by atoms with Crippen molar-refractivity contribution in [2.24, 2.45) is 0 Å². The molecule has 3 nitrogen and oxygen atoms in total. The maximum absolute atomic E-state index is 11.1. The van der Waals surface area contributed by atoms with Crippen molar-refractivity contribution in [3.8, 4) is 6.07 Å². The summed E-state index contributed by atoms with van der Waals surface area (Å²) in [6.45, 7) is 0. The van der Waals surface area contributed by atoms with Gasteiger partial charge in [0.25, 0.3) is 0 Å². The zero-order valence-electron chi connectivity index (χ0n) is 8.12. The molecule has 0 spiro atoms. The smallest absolute Gasteiger partial charge is 0.234 e. The van der Waals surface area contributed by atoms with Crippen molar-refractivity contribution in [1.29, 1.82) is 5.26 Å². The summed E-state index contributed by atoms with van der Waals surface area (Å²) in [5.41, 5.74) is 2.04. The number of carbonyl (C=O) groups excluding carboxylic acids is 1. The van der Waals surface area contributed by atoms with E-state index in [0.717, 1.165) is 22.6 Å². The predicted octanol–water partition coefficient (Wildman–Crippen LogP) is 2.19. The summed E-state index contributed by atoms with van der Waals surface area (Å²) in [6.07, 6.45) is 1.31. The van der Waals surface area contributed by atoms with Crippen LogP contribution >= 0.6 is 11.8 Å². The number of rotatable bonds is 2. The zero-order valence-corrected chi connectivity index (χ0v) is 8.93. The number of aryl methyl sites for hydroxylation is 1. The van der Waals surface area contributed by atoms with Gasteiger partial charge in [0.2, 0.25) is 5.91 Å². The number of amides is 1. The fraction of sp³-hybridized carbons (Fsp3) is 0.273. The van der Waals surface area contributed by atoms with Crippen LogP contribution in [-0.2, 0) is 11.2 Å². The maximum atomic E-state index is 11.1. The highest BCUT2D eigenvalue weighted by Crippen LogP contribution is 2.32. The van der Waals surface area contributed by atoms with Crippen molar-refractivity contribution < 1.29 is 4.79 Å². The van der Waals surface area contributed by atoms with Gasteiger partial charge in [-0.15, -0.1) is 11.8 Å². The molecule has 1 aromatic carbocycles. The van der Waals surface area contributed by atoms with Gasteiger partial charge in [0.1, 0.15) is 0 Å². The van der Waals surface area contributed by atoms with Crippen LogP contribution in [0.2, 0.25) is 0 Å². The molecule has 0 bridgehead atoms. The van der Waals surface area contributed by atoms with Crippen molar-refractivity contribution >= 4 is 23.4 Å². The van der Waals surface area contributed by atoms with Crippen LogP contribution in [0.1, 0.15) is 12.0 Å². The Bertz CT molecular complexity index is 437. The topological polar surface area (TPSA) is 52.9 Å². The van der Waals surface area contributed by atoms with E-state index in [0.29, 0.717) is 12.2 Å². The minimum atomic E-state index is 0.0530. The Morgan fingerprint density at radius 2 is 2.40 bits per heavy atom. The van der Waals surface area contributed by atoms with Gasteiger partial charge in [-0.3, -0.25) is 4.79 Å². The summed E-state index contributed by atoms with van der Waals surface area (Å²) in [4.78, 5) is 12.2. The molecule has 0 saturated heterocycles. The Morgan fingerprint density at radius 3 is 3.20 bits per heavy atom. The van der Waals surface area contributed by atoms with Crippen molar-refractivity contribution in [3.05, 3.63) is 23.8 Å². The quantitative estimate of drug-likeness (QED) is 0.827. The minimum absolute atomic E-state index is 0.0530. The number of carbonyl (C=O) groups is 1. The van der Waals surface area contributed by atoms with Gasteiger partial charge < -0.3 is 5.32 Å². The molecule has 1 amide bonds. The molecular weight excluding hydrogens is 208 g/mol. The molecule has 1 aliphatic heterocycles. The highest BCUT2D eigenvalue weighted by atomic mass is 32.2. The third-order valence-electron chi connectivity index (χ3n) is 2.20. The summed E-state index contributed by atoms with van der Waals surface area (Å²) >= 11 is 1.55. The van der Waals surface area contributed by atoms with Gasteiger partial charge in [-0.25, -0.2) is 0 Å². The monoisotopic (exact) mass is 218 g/mol. The first-order chi connectivity index (χ1) is 7.29. The normalized spacial score (nSPS) is 13.9. The largest absolute Gasteiger partial charge is 0.324 e. The summed E-state index contributed by atoms with van der Waals surface area (Å²) < 4.78 is 0. The number of anilines is 1. The van der Waals surface area contributed by atoms with Crippen LogP contribution in [0.3, 0.4) is 0 Å². The van der Waals surface area contributed by atoms with Crippen molar-refractivity contribution in [2.75, 3.05) is 11.1 Å². The van der Waals surface area contributed by atoms with Crippen molar-refractivity contribution in [1.82, 2.24) is 0 Å². The number of nitrogens with one attached hydrogen (secondary N) is 1. The molecule has 1 heterocycles. The van der Waals surface area contributed by atoms with Crippen LogP contribution < -0.4 is 5.32 Å². The summed E-state index contributed by atoms with van der Waals surface area (Å²) in [5.74, 6) is 0.534. The lowest BCUT2D eigenvalue weighted by Crippen LogP contribution is -2.18. The lowest BCUT2D eigenvalue weighted by atomic mass is 10.1. The van der Waals surface area contributed by atoms with Gasteiger partial charge in [0.15, 0.2) is 0 Å². The molecule has 0 aromatic heterocycles. The lowest BCUT2D eigenvalue weighted by molar-refractivity contribution is -0.113. The number of nitriles is 1. The molecule has 0 radical (unpaired) electrons. The Labute approximate surface area is 92.5 Å². The second kappa shape index (κ2) is 4.37. The highest BCUT2D eigenvalue weighted by Gasteiger charge is 2.14. The van der Waals surface area contributed by atoms with E-state index >= 15 is 0 Å². The standard InChI is InChI=1S/C11H10N2OS/c12-5-1-2-8-3-4-9-10(6-8)15-7-11(14)13-9/h3-4,6H,1-2,7H2,(H,13,14). The first kappa shape index (κ1) is 10.1. The van der Waals surface area contributed by atoms with Crippen LogP contribution in [0.4, 0.5) is 5.69 Å². The molecule has 1 aromatic rings. The van der Waals surface area contributed by atoms with Gasteiger partial charge in [-0.1, -0.05) is 6.07 Å². The van der Waals surface area contributed by atoms with E-state index < -0.39 is 0 Å². The van der Waals surface area contributed by atoms with E-state index in [1.54, 1.807) is 11.8 Å². The first-order valence-electron chi connectivity index (χ1n) is 4.72. The van der Waals surface area contributed by atoms with Gasteiger partial charge in [0, 0.05) is 11.3 Å². The molecule has 0 aliphatic carbocycles. The second-order valence-corrected chi connectivity index (χ2v) is 4.34. The molecule has 0 atom stereocenters. The molecule has 0 unspecified atom stereocenters.